The molecule has 0 unspecified atom stereocenters. The van der Waals surface area contributed by atoms with Crippen molar-refractivity contribution in [1.29, 1.82) is 0 Å². The van der Waals surface area contributed by atoms with Gasteiger partial charge in [0.1, 0.15) is 12.1 Å². The second kappa shape index (κ2) is 6.14. The second-order valence-corrected chi connectivity index (χ2v) is 5.61. The fourth-order valence-electron chi connectivity index (χ4n) is 1.16. The lowest BCUT2D eigenvalue weighted by atomic mass is 10.4. The summed E-state index contributed by atoms with van der Waals surface area (Å²) in [6, 6.07) is 3.66. The third-order valence-electron chi connectivity index (χ3n) is 2.00. The highest BCUT2D eigenvalue weighted by Crippen LogP contribution is 2.14. The molecule has 0 atom stereocenters. The van der Waals surface area contributed by atoms with Gasteiger partial charge >= 0.3 is 0 Å². The molecule has 0 saturated heterocycles. The molecular formula is C10H10IN5OS. The molecule has 2 heterocycles. The molecule has 6 nitrogen and oxygen atoms in total. The number of pyridine rings is 1. The zero-order valence-electron chi connectivity index (χ0n) is 9.50. The summed E-state index contributed by atoms with van der Waals surface area (Å²) in [6.45, 7) is 0. The third-order valence-corrected chi connectivity index (χ3v) is 3.67. The molecule has 0 aliphatic rings. The van der Waals surface area contributed by atoms with Gasteiger partial charge < -0.3 is 9.88 Å². The standard InChI is InChI=1S/C10H10IN5OS/c1-16-6-13-15-10(16)18-5-9(17)14-8-3-2-7(11)4-12-8/h2-4,6H,5H2,1H3,(H,12,14,17). The Kier molecular flexibility index (Phi) is 4.53. The number of rotatable bonds is 4. The van der Waals surface area contributed by atoms with Gasteiger partial charge in [-0.2, -0.15) is 0 Å². The zero-order valence-corrected chi connectivity index (χ0v) is 12.5. The number of aromatic nitrogens is 4. The summed E-state index contributed by atoms with van der Waals surface area (Å²) in [5, 5.41) is 11.1. The van der Waals surface area contributed by atoms with Crippen LogP contribution in [0.5, 0.6) is 0 Å². The van der Waals surface area contributed by atoms with Crippen LogP contribution in [0.15, 0.2) is 29.8 Å². The Morgan fingerprint density at radius 3 is 3.00 bits per heavy atom. The van der Waals surface area contributed by atoms with E-state index in [2.05, 4.69) is 43.1 Å². The van der Waals surface area contributed by atoms with Crippen molar-refractivity contribution in [2.75, 3.05) is 11.1 Å². The lowest BCUT2D eigenvalue weighted by Gasteiger charge is -2.03. The van der Waals surface area contributed by atoms with E-state index in [9.17, 15) is 4.79 Å². The molecule has 2 rings (SSSR count). The lowest BCUT2D eigenvalue weighted by molar-refractivity contribution is -0.113. The van der Waals surface area contributed by atoms with Crippen molar-refractivity contribution in [3.8, 4) is 0 Å². The highest BCUT2D eigenvalue weighted by Gasteiger charge is 2.07. The molecule has 0 spiro atoms. The Balaban J connectivity index is 1.86. The van der Waals surface area contributed by atoms with Crippen molar-refractivity contribution in [1.82, 2.24) is 19.7 Å². The van der Waals surface area contributed by atoms with Crippen molar-refractivity contribution < 1.29 is 4.79 Å². The van der Waals surface area contributed by atoms with Crippen LogP contribution in [0.3, 0.4) is 0 Å². The van der Waals surface area contributed by atoms with E-state index in [-0.39, 0.29) is 11.7 Å². The van der Waals surface area contributed by atoms with Crippen LogP contribution in [0.4, 0.5) is 5.82 Å². The maximum Gasteiger partial charge on any atom is 0.236 e. The molecule has 2 aromatic rings. The largest absolute Gasteiger partial charge is 0.312 e. The Labute approximate surface area is 122 Å². The van der Waals surface area contributed by atoms with Gasteiger partial charge in [-0.05, 0) is 34.7 Å². The van der Waals surface area contributed by atoms with E-state index in [1.54, 1.807) is 23.2 Å². The number of anilines is 1. The van der Waals surface area contributed by atoms with Gasteiger partial charge in [-0.1, -0.05) is 11.8 Å². The van der Waals surface area contributed by atoms with Crippen LogP contribution in [0.1, 0.15) is 0 Å². The normalized spacial score (nSPS) is 10.3. The molecule has 0 radical (unpaired) electrons. The fourth-order valence-corrected chi connectivity index (χ4v) is 2.17. The fraction of sp³-hybridized carbons (Fsp3) is 0.200. The average Bonchev–Trinajstić information content (AvgIpc) is 2.75. The lowest BCUT2D eigenvalue weighted by Crippen LogP contribution is -2.15. The predicted octanol–water partition coefficient (Wildman–Crippen LogP) is 1.55. The highest BCUT2D eigenvalue weighted by atomic mass is 127. The van der Waals surface area contributed by atoms with E-state index >= 15 is 0 Å². The molecule has 94 valence electrons. The van der Waals surface area contributed by atoms with Crippen LogP contribution < -0.4 is 5.32 Å². The van der Waals surface area contributed by atoms with Crippen molar-refractivity contribution in [2.24, 2.45) is 7.05 Å². The first kappa shape index (κ1) is 13.3. The maximum absolute atomic E-state index is 11.7. The minimum Gasteiger partial charge on any atom is -0.312 e. The van der Waals surface area contributed by atoms with Crippen molar-refractivity contribution in [3.05, 3.63) is 28.2 Å². The Morgan fingerprint density at radius 1 is 1.56 bits per heavy atom. The van der Waals surface area contributed by atoms with E-state index in [0.717, 1.165) is 3.57 Å². The molecule has 0 aliphatic carbocycles. The predicted molar refractivity (Wildman–Crippen MR) is 77.3 cm³/mol. The number of nitrogens with zero attached hydrogens (tertiary/aromatic N) is 4. The van der Waals surface area contributed by atoms with Crippen LogP contribution >= 0.6 is 34.4 Å². The number of carbonyl (C=O) groups is 1. The van der Waals surface area contributed by atoms with Crippen LogP contribution in [0.2, 0.25) is 0 Å². The summed E-state index contributed by atoms with van der Waals surface area (Å²) in [7, 11) is 1.83. The van der Waals surface area contributed by atoms with Crippen molar-refractivity contribution in [3.63, 3.8) is 0 Å². The van der Waals surface area contributed by atoms with Crippen LogP contribution in [-0.4, -0.2) is 31.4 Å². The number of aryl methyl sites for hydroxylation is 1. The molecule has 8 heteroatoms. The van der Waals surface area contributed by atoms with Gasteiger partial charge in [0.25, 0.3) is 0 Å². The van der Waals surface area contributed by atoms with Gasteiger partial charge in [-0.25, -0.2) is 4.98 Å². The van der Waals surface area contributed by atoms with E-state index in [1.165, 1.54) is 11.8 Å². The van der Waals surface area contributed by atoms with Crippen molar-refractivity contribution >= 4 is 46.1 Å². The van der Waals surface area contributed by atoms with E-state index in [0.29, 0.717) is 11.0 Å². The highest BCUT2D eigenvalue weighted by molar-refractivity contribution is 14.1. The summed E-state index contributed by atoms with van der Waals surface area (Å²) in [4.78, 5) is 15.8. The summed E-state index contributed by atoms with van der Waals surface area (Å²) in [6.07, 6.45) is 3.30. The first-order valence-corrected chi connectivity index (χ1v) is 7.10. The maximum atomic E-state index is 11.7. The third kappa shape index (κ3) is 3.67. The van der Waals surface area contributed by atoms with Crippen LogP contribution in [0.25, 0.3) is 0 Å². The monoisotopic (exact) mass is 375 g/mol. The van der Waals surface area contributed by atoms with Crippen LogP contribution in [-0.2, 0) is 11.8 Å². The number of hydrogen-bond acceptors (Lipinski definition) is 5. The van der Waals surface area contributed by atoms with Crippen LogP contribution in [0, 0.1) is 3.57 Å². The zero-order chi connectivity index (χ0) is 13.0. The summed E-state index contributed by atoms with van der Waals surface area (Å²) >= 11 is 3.49. The minimum absolute atomic E-state index is 0.114. The minimum atomic E-state index is -0.114. The van der Waals surface area contributed by atoms with Gasteiger partial charge in [0.2, 0.25) is 5.91 Å². The molecule has 0 bridgehead atoms. The van der Waals surface area contributed by atoms with Gasteiger partial charge in [0, 0.05) is 16.8 Å². The van der Waals surface area contributed by atoms with Gasteiger partial charge in [-0.3, -0.25) is 4.79 Å². The molecular weight excluding hydrogens is 365 g/mol. The first-order valence-electron chi connectivity index (χ1n) is 5.03. The molecule has 1 amide bonds. The number of nitrogens with one attached hydrogen (secondary N) is 1. The SMILES string of the molecule is Cn1cnnc1SCC(=O)Nc1ccc(I)cn1. The number of amides is 1. The molecule has 0 aliphatic heterocycles. The Bertz CT molecular complexity index is 541. The van der Waals surface area contributed by atoms with E-state index < -0.39 is 0 Å². The molecule has 0 saturated carbocycles. The first-order chi connectivity index (χ1) is 8.65. The van der Waals surface area contributed by atoms with Gasteiger partial charge in [0.15, 0.2) is 5.16 Å². The van der Waals surface area contributed by atoms with E-state index in [4.69, 9.17) is 0 Å². The number of thioether (sulfide) groups is 1. The van der Waals surface area contributed by atoms with Crippen molar-refractivity contribution in [2.45, 2.75) is 5.16 Å². The number of halogens is 1. The molecule has 1 N–H and O–H groups in total. The molecule has 2 aromatic heterocycles. The Morgan fingerprint density at radius 2 is 2.39 bits per heavy atom. The van der Waals surface area contributed by atoms with Gasteiger partial charge in [-0.15, -0.1) is 10.2 Å². The number of carbonyl (C=O) groups excluding carboxylic acids is 1. The molecule has 0 fully saturated rings. The molecule has 0 aromatic carbocycles. The summed E-state index contributed by atoms with van der Waals surface area (Å²) < 4.78 is 2.79. The average molecular weight is 375 g/mol. The topological polar surface area (TPSA) is 72.7 Å². The summed E-state index contributed by atoms with van der Waals surface area (Å²) in [5.41, 5.74) is 0. The second-order valence-electron chi connectivity index (χ2n) is 3.42. The summed E-state index contributed by atoms with van der Waals surface area (Å²) in [5.74, 6) is 0.718. The quantitative estimate of drug-likeness (QED) is 0.649. The smallest absolute Gasteiger partial charge is 0.236 e. The Hall–Kier alpha value is -1.16. The van der Waals surface area contributed by atoms with Gasteiger partial charge in [0.05, 0.1) is 5.75 Å². The van der Waals surface area contributed by atoms with E-state index in [1.807, 2.05) is 13.1 Å². The number of hydrogen-bond donors (Lipinski definition) is 1. The molecule has 18 heavy (non-hydrogen) atoms.